The molecule has 0 radical (unpaired) electrons. The monoisotopic (exact) mass is 337 g/mol. The molecule has 1 aromatic rings. The molecule has 1 amide bonds. The molecule has 7 heteroatoms. The van der Waals surface area contributed by atoms with E-state index in [1.54, 1.807) is 18.0 Å². The third-order valence-electron chi connectivity index (χ3n) is 2.90. The Balaban J connectivity index is 0.00000180. The van der Waals surface area contributed by atoms with E-state index in [9.17, 15) is 4.79 Å². The summed E-state index contributed by atoms with van der Waals surface area (Å²) in [6, 6.07) is 5.91. The number of amides is 1. The summed E-state index contributed by atoms with van der Waals surface area (Å²) in [5.74, 6) is 2.52. The molecule has 2 N–H and O–H groups in total. The number of thioether (sulfide) groups is 1. The van der Waals surface area contributed by atoms with E-state index < -0.39 is 0 Å². The number of nitrogens with zero attached hydrogens (tertiary/aromatic N) is 1. The van der Waals surface area contributed by atoms with Gasteiger partial charge in [-0.25, -0.2) is 0 Å². The minimum atomic E-state index is 0. The normalized spacial score (nSPS) is 13.6. The highest BCUT2D eigenvalue weighted by Crippen LogP contribution is 2.10. The topological polar surface area (TPSA) is 54.0 Å². The number of rotatable bonds is 7. The highest BCUT2D eigenvalue weighted by Gasteiger charge is 2.16. The van der Waals surface area contributed by atoms with Crippen molar-refractivity contribution in [3.05, 3.63) is 30.1 Å². The molecule has 1 aliphatic heterocycles. The molecule has 4 nitrogen and oxygen atoms in total. The molecular formula is C13H21Cl2N3OS. The number of pyridine rings is 1. The zero-order valence-electron chi connectivity index (χ0n) is 11.2. The van der Waals surface area contributed by atoms with Crippen LogP contribution >= 0.6 is 36.6 Å². The average Bonchev–Trinajstić information content (AvgIpc) is 2.34. The number of carbonyl (C=O) groups is 1. The summed E-state index contributed by atoms with van der Waals surface area (Å²) < 4.78 is 0. The van der Waals surface area contributed by atoms with Gasteiger partial charge in [0.15, 0.2) is 0 Å². The maximum Gasteiger partial charge on any atom is 0.220 e. The van der Waals surface area contributed by atoms with Gasteiger partial charge in [0.05, 0.1) is 5.69 Å². The van der Waals surface area contributed by atoms with Crippen molar-refractivity contribution >= 4 is 42.5 Å². The maximum absolute atomic E-state index is 11.5. The molecule has 0 saturated carbocycles. The van der Waals surface area contributed by atoms with Gasteiger partial charge in [0, 0.05) is 49.7 Å². The van der Waals surface area contributed by atoms with Crippen molar-refractivity contribution in [2.24, 2.45) is 5.92 Å². The van der Waals surface area contributed by atoms with E-state index in [0.29, 0.717) is 12.3 Å². The van der Waals surface area contributed by atoms with Gasteiger partial charge in [0.2, 0.25) is 5.91 Å². The quantitative estimate of drug-likeness (QED) is 0.746. The van der Waals surface area contributed by atoms with Crippen LogP contribution in [0.25, 0.3) is 0 Å². The summed E-state index contributed by atoms with van der Waals surface area (Å²) in [6.07, 6.45) is 2.40. The number of halogens is 2. The molecule has 1 saturated heterocycles. The van der Waals surface area contributed by atoms with Crippen molar-refractivity contribution in [3.63, 3.8) is 0 Å². The van der Waals surface area contributed by atoms with Crippen LogP contribution in [-0.2, 0) is 10.5 Å². The molecule has 2 rings (SSSR count). The van der Waals surface area contributed by atoms with E-state index in [1.807, 2.05) is 18.2 Å². The lowest BCUT2D eigenvalue weighted by molar-refractivity contribution is -0.120. The third kappa shape index (κ3) is 7.33. The SMILES string of the molecule is Cl.Cl.O=C(CCSCc1ccccn1)NCC1CNC1. The van der Waals surface area contributed by atoms with Crippen molar-refractivity contribution in [3.8, 4) is 0 Å². The molecule has 0 unspecified atom stereocenters. The fourth-order valence-corrected chi connectivity index (χ4v) is 2.52. The predicted octanol–water partition coefficient (Wildman–Crippen LogP) is 1.88. The van der Waals surface area contributed by atoms with Gasteiger partial charge in [0.1, 0.15) is 0 Å². The van der Waals surface area contributed by atoms with Crippen molar-refractivity contribution in [1.82, 2.24) is 15.6 Å². The summed E-state index contributed by atoms with van der Waals surface area (Å²) in [4.78, 5) is 15.8. The van der Waals surface area contributed by atoms with E-state index in [2.05, 4.69) is 15.6 Å². The number of aromatic nitrogens is 1. The van der Waals surface area contributed by atoms with Crippen LogP contribution < -0.4 is 10.6 Å². The molecular weight excluding hydrogens is 317 g/mol. The Labute approximate surface area is 136 Å². The maximum atomic E-state index is 11.5. The molecule has 1 aromatic heterocycles. The van der Waals surface area contributed by atoms with Crippen LogP contribution in [-0.4, -0.2) is 36.3 Å². The molecule has 0 spiro atoms. The largest absolute Gasteiger partial charge is 0.356 e. The van der Waals surface area contributed by atoms with Gasteiger partial charge in [-0.2, -0.15) is 11.8 Å². The highest BCUT2D eigenvalue weighted by molar-refractivity contribution is 7.98. The zero-order valence-corrected chi connectivity index (χ0v) is 13.7. The molecule has 1 aliphatic rings. The Morgan fingerprint density at radius 3 is 2.80 bits per heavy atom. The van der Waals surface area contributed by atoms with E-state index in [0.717, 1.165) is 36.8 Å². The Hall–Kier alpha value is -0.490. The van der Waals surface area contributed by atoms with Crippen LogP contribution in [0.1, 0.15) is 12.1 Å². The Kier molecular flexibility index (Phi) is 10.9. The van der Waals surface area contributed by atoms with Crippen LogP contribution in [0.3, 0.4) is 0 Å². The predicted molar refractivity (Wildman–Crippen MR) is 88.9 cm³/mol. The van der Waals surface area contributed by atoms with Gasteiger partial charge in [-0.05, 0) is 12.1 Å². The van der Waals surface area contributed by atoms with Crippen LogP contribution in [0.2, 0.25) is 0 Å². The zero-order chi connectivity index (χ0) is 12.6. The lowest BCUT2D eigenvalue weighted by Crippen LogP contribution is -2.48. The highest BCUT2D eigenvalue weighted by atomic mass is 35.5. The Morgan fingerprint density at radius 1 is 1.40 bits per heavy atom. The van der Waals surface area contributed by atoms with Crippen LogP contribution in [0.4, 0.5) is 0 Å². The molecule has 0 aliphatic carbocycles. The minimum Gasteiger partial charge on any atom is -0.356 e. The summed E-state index contributed by atoms with van der Waals surface area (Å²) in [7, 11) is 0. The summed E-state index contributed by atoms with van der Waals surface area (Å²) >= 11 is 1.75. The van der Waals surface area contributed by atoms with E-state index in [1.165, 1.54) is 0 Å². The number of carbonyl (C=O) groups excluding carboxylic acids is 1. The van der Waals surface area contributed by atoms with Crippen molar-refractivity contribution in [1.29, 1.82) is 0 Å². The van der Waals surface area contributed by atoms with Crippen molar-refractivity contribution < 1.29 is 4.79 Å². The second-order valence-corrected chi connectivity index (χ2v) is 5.56. The van der Waals surface area contributed by atoms with Gasteiger partial charge in [-0.15, -0.1) is 24.8 Å². The summed E-state index contributed by atoms with van der Waals surface area (Å²) in [5, 5.41) is 6.17. The molecule has 0 atom stereocenters. The Morgan fingerprint density at radius 2 is 2.20 bits per heavy atom. The minimum absolute atomic E-state index is 0. The molecule has 0 aromatic carbocycles. The van der Waals surface area contributed by atoms with Gasteiger partial charge in [-0.3, -0.25) is 9.78 Å². The molecule has 0 bridgehead atoms. The summed E-state index contributed by atoms with van der Waals surface area (Å²) in [6.45, 7) is 2.89. The lowest BCUT2D eigenvalue weighted by Gasteiger charge is -2.27. The van der Waals surface area contributed by atoms with E-state index in [4.69, 9.17) is 0 Å². The lowest BCUT2D eigenvalue weighted by atomic mass is 10.0. The van der Waals surface area contributed by atoms with Gasteiger partial charge < -0.3 is 10.6 Å². The third-order valence-corrected chi connectivity index (χ3v) is 3.90. The fraction of sp³-hybridized carbons (Fsp3) is 0.538. The number of hydrogen-bond acceptors (Lipinski definition) is 4. The standard InChI is InChI=1S/C13H19N3OS.2ClH/c17-13(16-9-11-7-14-8-11)4-6-18-10-12-3-1-2-5-15-12;;/h1-3,5,11,14H,4,6-10H2,(H,16,17);2*1H. The Bertz CT molecular complexity index is 377. The number of hydrogen-bond donors (Lipinski definition) is 2. The van der Waals surface area contributed by atoms with Gasteiger partial charge >= 0.3 is 0 Å². The average molecular weight is 338 g/mol. The first-order chi connectivity index (χ1) is 8.84. The number of nitrogens with one attached hydrogen (secondary N) is 2. The van der Waals surface area contributed by atoms with Crippen LogP contribution in [0.5, 0.6) is 0 Å². The molecule has 114 valence electrons. The first-order valence-corrected chi connectivity index (χ1v) is 7.45. The molecule has 2 heterocycles. The van der Waals surface area contributed by atoms with Crippen LogP contribution in [0.15, 0.2) is 24.4 Å². The smallest absolute Gasteiger partial charge is 0.220 e. The first-order valence-electron chi connectivity index (χ1n) is 6.29. The fourth-order valence-electron chi connectivity index (χ4n) is 1.66. The van der Waals surface area contributed by atoms with Crippen molar-refractivity contribution in [2.75, 3.05) is 25.4 Å². The van der Waals surface area contributed by atoms with E-state index in [-0.39, 0.29) is 30.7 Å². The first kappa shape index (κ1) is 19.5. The second-order valence-electron chi connectivity index (χ2n) is 4.45. The molecule has 1 fully saturated rings. The van der Waals surface area contributed by atoms with Gasteiger partial charge in [0.25, 0.3) is 0 Å². The van der Waals surface area contributed by atoms with E-state index >= 15 is 0 Å². The van der Waals surface area contributed by atoms with Crippen LogP contribution in [0, 0.1) is 5.92 Å². The van der Waals surface area contributed by atoms with Gasteiger partial charge in [-0.1, -0.05) is 6.07 Å². The summed E-state index contributed by atoms with van der Waals surface area (Å²) in [5.41, 5.74) is 1.07. The van der Waals surface area contributed by atoms with Crippen molar-refractivity contribution in [2.45, 2.75) is 12.2 Å². The molecule has 20 heavy (non-hydrogen) atoms. The second kappa shape index (κ2) is 11.2.